The summed E-state index contributed by atoms with van der Waals surface area (Å²) >= 11 is 0. The van der Waals surface area contributed by atoms with E-state index in [0.717, 1.165) is 0 Å². The molecule has 1 rings (SSSR count). The van der Waals surface area contributed by atoms with Gasteiger partial charge in [-0.2, -0.15) is 0 Å². The maximum Gasteiger partial charge on any atom is 0.293 e. The number of carbonyl (C=O) groups is 3. The Morgan fingerprint density at radius 2 is 1.88 bits per heavy atom. The van der Waals surface area contributed by atoms with Crippen LogP contribution in [-0.2, 0) is 33.3 Å². The highest BCUT2D eigenvalue weighted by Crippen LogP contribution is 2.23. The highest BCUT2D eigenvalue weighted by molar-refractivity contribution is 5.39. The van der Waals surface area contributed by atoms with Crippen LogP contribution in [0.25, 0.3) is 0 Å². The second-order valence-corrected chi connectivity index (χ2v) is 3.28. The van der Waals surface area contributed by atoms with Crippen molar-refractivity contribution in [2.75, 3.05) is 6.61 Å². The molecule has 1 aliphatic rings. The van der Waals surface area contributed by atoms with E-state index in [0.29, 0.717) is 0 Å². The second kappa shape index (κ2) is 6.81. The first-order valence-corrected chi connectivity index (χ1v) is 4.80. The minimum atomic E-state index is -1.45. The predicted molar refractivity (Wildman–Crippen MR) is 49.4 cm³/mol. The standard InChI is InChI=1S/C9H12O8/c10-3-14-2-6-1-7(15-4-11)8(16-5-12)9(13)17-6/h3-9,13H,1-2H2. The van der Waals surface area contributed by atoms with E-state index in [2.05, 4.69) is 14.2 Å². The number of aliphatic hydroxyl groups is 1. The molecule has 0 aromatic rings. The van der Waals surface area contributed by atoms with Crippen molar-refractivity contribution >= 4 is 19.4 Å². The maximum atomic E-state index is 10.3. The number of hydrogen-bond acceptors (Lipinski definition) is 8. The van der Waals surface area contributed by atoms with Crippen LogP contribution in [0.15, 0.2) is 0 Å². The Labute approximate surface area is 96.4 Å². The van der Waals surface area contributed by atoms with Gasteiger partial charge in [0.1, 0.15) is 12.7 Å². The Bertz CT molecular complexity index is 268. The Morgan fingerprint density at radius 1 is 1.18 bits per heavy atom. The zero-order valence-corrected chi connectivity index (χ0v) is 8.76. The van der Waals surface area contributed by atoms with Crippen LogP contribution in [0, 0.1) is 0 Å². The van der Waals surface area contributed by atoms with Crippen molar-refractivity contribution in [1.29, 1.82) is 0 Å². The van der Waals surface area contributed by atoms with Crippen molar-refractivity contribution < 1.29 is 38.4 Å². The molecule has 8 heteroatoms. The lowest BCUT2D eigenvalue weighted by Gasteiger charge is -2.36. The van der Waals surface area contributed by atoms with E-state index in [1.807, 2.05) is 0 Å². The van der Waals surface area contributed by atoms with Gasteiger partial charge in [0.25, 0.3) is 19.4 Å². The number of rotatable bonds is 7. The van der Waals surface area contributed by atoms with Gasteiger partial charge in [-0.3, -0.25) is 14.4 Å². The molecule has 4 unspecified atom stereocenters. The van der Waals surface area contributed by atoms with Crippen molar-refractivity contribution in [3.05, 3.63) is 0 Å². The van der Waals surface area contributed by atoms with E-state index in [1.165, 1.54) is 0 Å². The van der Waals surface area contributed by atoms with Crippen LogP contribution in [0.5, 0.6) is 0 Å². The minimum absolute atomic E-state index is 0.0902. The molecule has 0 radical (unpaired) electrons. The van der Waals surface area contributed by atoms with Gasteiger partial charge in [-0.25, -0.2) is 0 Å². The average molecular weight is 248 g/mol. The van der Waals surface area contributed by atoms with Gasteiger partial charge in [-0.1, -0.05) is 0 Å². The lowest BCUT2D eigenvalue weighted by molar-refractivity contribution is -0.258. The molecule has 8 nitrogen and oxygen atoms in total. The third-order valence-electron chi connectivity index (χ3n) is 2.27. The van der Waals surface area contributed by atoms with Crippen molar-refractivity contribution in [2.45, 2.75) is 31.0 Å². The molecule has 96 valence electrons. The first-order chi connectivity index (χ1) is 8.22. The fourth-order valence-corrected chi connectivity index (χ4v) is 1.58. The average Bonchev–Trinajstić information content (AvgIpc) is 2.31. The van der Waals surface area contributed by atoms with Gasteiger partial charge in [-0.05, 0) is 0 Å². The molecule has 1 aliphatic heterocycles. The Balaban J connectivity index is 2.61. The van der Waals surface area contributed by atoms with Crippen LogP contribution in [0.4, 0.5) is 0 Å². The molecule has 1 fully saturated rings. The smallest absolute Gasteiger partial charge is 0.293 e. The highest BCUT2D eigenvalue weighted by atomic mass is 16.7. The first-order valence-electron chi connectivity index (χ1n) is 4.80. The van der Waals surface area contributed by atoms with Gasteiger partial charge >= 0.3 is 0 Å². The van der Waals surface area contributed by atoms with E-state index < -0.39 is 24.6 Å². The van der Waals surface area contributed by atoms with Crippen LogP contribution in [0.2, 0.25) is 0 Å². The SMILES string of the molecule is O=COCC1CC(OC=O)C(OC=O)C(O)O1. The molecule has 0 amide bonds. The summed E-state index contributed by atoms with van der Waals surface area (Å²) in [5, 5.41) is 9.52. The van der Waals surface area contributed by atoms with E-state index >= 15 is 0 Å². The van der Waals surface area contributed by atoms with Crippen LogP contribution < -0.4 is 0 Å². The summed E-state index contributed by atoms with van der Waals surface area (Å²) in [4.78, 5) is 30.5. The summed E-state index contributed by atoms with van der Waals surface area (Å²) in [6.45, 7) is 0.453. The fraction of sp³-hybridized carbons (Fsp3) is 0.667. The van der Waals surface area contributed by atoms with Crippen LogP contribution in [0.1, 0.15) is 6.42 Å². The van der Waals surface area contributed by atoms with Crippen LogP contribution >= 0.6 is 0 Å². The summed E-state index contributed by atoms with van der Waals surface area (Å²) < 4.78 is 18.7. The summed E-state index contributed by atoms with van der Waals surface area (Å²) in [5.74, 6) is 0. The Kier molecular flexibility index (Phi) is 5.37. The maximum absolute atomic E-state index is 10.3. The number of aliphatic hydroxyl groups excluding tert-OH is 1. The Morgan fingerprint density at radius 3 is 2.47 bits per heavy atom. The third kappa shape index (κ3) is 3.68. The zero-order chi connectivity index (χ0) is 12.7. The summed E-state index contributed by atoms with van der Waals surface area (Å²) in [7, 11) is 0. The van der Waals surface area contributed by atoms with Crippen LogP contribution in [-0.4, -0.2) is 55.7 Å². The number of carbonyl (C=O) groups excluding carboxylic acids is 3. The molecule has 4 atom stereocenters. The summed E-state index contributed by atoms with van der Waals surface area (Å²) in [5.41, 5.74) is 0. The quantitative estimate of drug-likeness (QED) is 0.421. The van der Waals surface area contributed by atoms with E-state index in [9.17, 15) is 19.5 Å². The van der Waals surface area contributed by atoms with Crippen molar-refractivity contribution in [3.8, 4) is 0 Å². The molecule has 0 spiro atoms. The molecule has 0 aromatic carbocycles. The molecule has 0 aliphatic carbocycles. The molecular formula is C9H12O8. The molecule has 1 heterocycles. The molecule has 1 N–H and O–H groups in total. The van der Waals surface area contributed by atoms with Gasteiger partial charge in [0, 0.05) is 6.42 Å². The van der Waals surface area contributed by atoms with Gasteiger partial charge in [-0.15, -0.1) is 0 Å². The largest absolute Gasteiger partial charge is 0.465 e. The topological polar surface area (TPSA) is 108 Å². The van der Waals surface area contributed by atoms with Gasteiger partial charge in [0.15, 0.2) is 12.4 Å². The van der Waals surface area contributed by atoms with Gasteiger partial charge in [0.2, 0.25) is 0 Å². The molecule has 0 bridgehead atoms. The third-order valence-corrected chi connectivity index (χ3v) is 2.27. The van der Waals surface area contributed by atoms with Crippen molar-refractivity contribution in [3.63, 3.8) is 0 Å². The number of ether oxygens (including phenoxy) is 4. The van der Waals surface area contributed by atoms with E-state index in [4.69, 9.17) is 4.74 Å². The predicted octanol–water partition coefficient (Wildman–Crippen LogP) is -1.65. The summed E-state index contributed by atoms with van der Waals surface area (Å²) in [6.07, 6.45) is -3.88. The molecule has 0 saturated carbocycles. The highest BCUT2D eigenvalue weighted by Gasteiger charge is 2.41. The monoisotopic (exact) mass is 248 g/mol. The fourth-order valence-electron chi connectivity index (χ4n) is 1.58. The molecule has 1 saturated heterocycles. The molecular weight excluding hydrogens is 236 g/mol. The first kappa shape index (κ1) is 13.4. The zero-order valence-electron chi connectivity index (χ0n) is 8.76. The van der Waals surface area contributed by atoms with Crippen LogP contribution in [0.3, 0.4) is 0 Å². The lowest BCUT2D eigenvalue weighted by atomic mass is 10.0. The van der Waals surface area contributed by atoms with Crippen molar-refractivity contribution in [2.24, 2.45) is 0 Å². The van der Waals surface area contributed by atoms with Gasteiger partial charge in [0.05, 0.1) is 6.10 Å². The molecule has 0 aromatic heterocycles. The minimum Gasteiger partial charge on any atom is -0.465 e. The van der Waals surface area contributed by atoms with E-state index in [-0.39, 0.29) is 32.4 Å². The van der Waals surface area contributed by atoms with E-state index in [1.54, 1.807) is 0 Å². The molecule has 17 heavy (non-hydrogen) atoms. The van der Waals surface area contributed by atoms with Crippen molar-refractivity contribution in [1.82, 2.24) is 0 Å². The second-order valence-electron chi connectivity index (χ2n) is 3.28. The lowest BCUT2D eigenvalue weighted by Crippen LogP contribution is -2.51. The normalized spacial score (nSPS) is 32.3. The Hall–Kier alpha value is -1.67. The summed E-state index contributed by atoms with van der Waals surface area (Å²) in [6, 6.07) is 0. The van der Waals surface area contributed by atoms with Gasteiger partial charge < -0.3 is 24.1 Å². The number of hydrogen-bond donors (Lipinski definition) is 1.